The van der Waals surface area contributed by atoms with Crippen molar-refractivity contribution in [2.24, 2.45) is 7.05 Å². The van der Waals surface area contributed by atoms with Crippen molar-refractivity contribution >= 4 is 10.9 Å². The number of pyridine rings is 1. The van der Waals surface area contributed by atoms with Gasteiger partial charge in [0.15, 0.2) is 0 Å². The summed E-state index contributed by atoms with van der Waals surface area (Å²) in [5, 5.41) is 0.0917. The van der Waals surface area contributed by atoms with Gasteiger partial charge in [0, 0.05) is 37.6 Å². The molecule has 0 amide bonds. The highest BCUT2D eigenvalue weighted by molar-refractivity contribution is 5.85. The fourth-order valence-corrected chi connectivity index (χ4v) is 3.57. The van der Waals surface area contributed by atoms with E-state index in [1.165, 1.54) is 11.6 Å². The SMILES string of the molecule is CC(C)c1c(C(F)(F)F)c2cc(CN3CCOCC3)ccc2n(C)c1=O. The first-order valence-corrected chi connectivity index (χ1v) is 8.73. The van der Waals surface area contributed by atoms with Crippen molar-refractivity contribution < 1.29 is 17.9 Å². The molecule has 1 aromatic carbocycles. The lowest BCUT2D eigenvalue weighted by atomic mass is 9.93. The fraction of sp³-hybridized carbons (Fsp3) is 0.526. The number of benzene rings is 1. The molecule has 0 N–H and O–H groups in total. The third-order valence-electron chi connectivity index (χ3n) is 4.87. The van der Waals surface area contributed by atoms with Crippen LogP contribution in [0.25, 0.3) is 10.9 Å². The maximum atomic E-state index is 13.9. The molecular weight excluding hydrogens is 345 g/mol. The van der Waals surface area contributed by atoms with Crippen LogP contribution in [-0.2, 0) is 24.5 Å². The largest absolute Gasteiger partial charge is 0.417 e. The summed E-state index contributed by atoms with van der Waals surface area (Å²) in [6.45, 7) is 6.59. The van der Waals surface area contributed by atoms with Gasteiger partial charge in [-0.1, -0.05) is 19.9 Å². The summed E-state index contributed by atoms with van der Waals surface area (Å²) in [5.74, 6) is -0.516. The average Bonchev–Trinajstić information content (AvgIpc) is 2.57. The maximum absolute atomic E-state index is 13.9. The van der Waals surface area contributed by atoms with Crippen molar-refractivity contribution in [3.05, 3.63) is 45.2 Å². The van der Waals surface area contributed by atoms with Gasteiger partial charge < -0.3 is 9.30 Å². The molecule has 1 aliphatic heterocycles. The van der Waals surface area contributed by atoms with Crippen molar-refractivity contribution in [3.63, 3.8) is 0 Å². The van der Waals surface area contributed by atoms with E-state index in [0.29, 0.717) is 25.3 Å². The van der Waals surface area contributed by atoms with Gasteiger partial charge in [-0.3, -0.25) is 9.69 Å². The maximum Gasteiger partial charge on any atom is 0.417 e. The zero-order chi connectivity index (χ0) is 19.1. The Morgan fingerprint density at radius 1 is 1.19 bits per heavy atom. The number of halogens is 3. The predicted octanol–water partition coefficient (Wildman–Crippen LogP) is 3.51. The van der Waals surface area contributed by atoms with Crippen LogP contribution in [0.4, 0.5) is 13.2 Å². The van der Waals surface area contributed by atoms with Gasteiger partial charge in [0.1, 0.15) is 0 Å². The number of rotatable bonds is 3. The summed E-state index contributed by atoms with van der Waals surface area (Å²) in [5.41, 5.74) is -0.443. The van der Waals surface area contributed by atoms with Crippen molar-refractivity contribution in [1.29, 1.82) is 0 Å². The first-order valence-electron chi connectivity index (χ1n) is 8.73. The van der Waals surface area contributed by atoms with Gasteiger partial charge in [-0.05, 0) is 23.6 Å². The van der Waals surface area contributed by atoms with E-state index in [4.69, 9.17) is 4.74 Å². The van der Waals surface area contributed by atoms with E-state index in [1.54, 1.807) is 32.0 Å². The number of aryl methyl sites for hydroxylation is 1. The molecule has 7 heteroatoms. The summed E-state index contributed by atoms with van der Waals surface area (Å²) in [6.07, 6.45) is -4.58. The number of alkyl halides is 3. The van der Waals surface area contributed by atoms with Crippen molar-refractivity contribution in [3.8, 4) is 0 Å². The number of nitrogens with zero attached hydrogens (tertiary/aromatic N) is 2. The Morgan fingerprint density at radius 3 is 2.42 bits per heavy atom. The lowest BCUT2D eigenvalue weighted by molar-refractivity contribution is -0.137. The molecule has 0 unspecified atom stereocenters. The molecule has 0 bridgehead atoms. The molecule has 2 aromatic rings. The third-order valence-corrected chi connectivity index (χ3v) is 4.87. The van der Waals surface area contributed by atoms with E-state index >= 15 is 0 Å². The average molecular weight is 368 g/mol. The molecule has 0 radical (unpaired) electrons. The first kappa shape index (κ1) is 18.9. The molecule has 1 fully saturated rings. The molecular formula is C19H23F3N2O2. The van der Waals surface area contributed by atoms with Crippen LogP contribution in [0.5, 0.6) is 0 Å². The normalized spacial score (nSPS) is 16.6. The second-order valence-corrected chi connectivity index (χ2v) is 7.05. The molecule has 0 aliphatic carbocycles. The molecule has 3 rings (SSSR count). The predicted molar refractivity (Wildman–Crippen MR) is 94.4 cm³/mol. The number of fused-ring (bicyclic) bond motifs is 1. The molecule has 1 aliphatic rings. The Morgan fingerprint density at radius 2 is 1.85 bits per heavy atom. The Kier molecular flexibility index (Phi) is 5.12. The quantitative estimate of drug-likeness (QED) is 0.832. The van der Waals surface area contributed by atoms with Crippen LogP contribution in [0.15, 0.2) is 23.0 Å². The van der Waals surface area contributed by atoms with Gasteiger partial charge in [0.25, 0.3) is 5.56 Å². The zero-order valence-electron chi connectivity index (χ0n) is 15.2. The minimum Gasteiger partial charge on any atom is -0.379 e. The van der Waals surface area contributed by atoms with Gasteiger partial charge in [-0.2, -0.15) is 13.2 Å². The lowest BCUT2D eigenvalue weighted by Gasteiger charge is -2.27. The van der Waals surface area contributed by atoms with Gasteiger partial charge in [0.2, 0.25) is 0 Å². The molecule has 0 spiro atoms. The van der Waals surface area contributed by atoms with E-state index < -0.39 is 23.2 Å². The molecule has 1 aromatic heterocycles. The van der Waals surface area contributed by atoms with Gasteiger partial charge in [-0.15, -0.1) is 0 Å². The highest BCUT2D eigenvalue weighted by Gasteiger charge is 2.38. The number of hydrogen-bond donors (Lipinski definition) is 0. The van der Waals surface area contributed by atoms with Gasteiger partial charge >= 0.3 is 6.18 Å². The second-order valence-electron chi connectivity index (χ2n) is 7.05. The number of hydrogen-bond acceptors (Lipinski definition) is 3. The Labute approximate surface area is 150 Å². The molecule has 26 heavy (non-hydrogen) atoms. The topological polar surface area (TPSA) is 34.5 Å². The Balaban J connectivity index is 2.20. The molecule has 2 heterocycles. The second kappa shape index (κ2) is 7.04. The first-order chi connectivity index (χ1) is 12.2. The van der Waals surface area contributed by atoms with Gasteiger partial charge in [-0.25, -0.2) is 0 Å². The highest BCUT2D eigenvalue weighted by atomic mass is 19.4. The number of aromatic nitrogens is 1. The van der Waals surface area contributed by atoms with Crippen LogP contribution in [0.1, 0.15) is 36.5 Å². The van der Waals surface area contributed by atoms with Crippen LogP contribution in [0.2, 0.25) is 0 Å². The highest BCUT2D eigenvalue weighted by Crippen LogP contribution is 2.38. The number of ether oxygens (including phenoxy) is 1. The smallest absolute Gasteiger partial charge is 0.379 e. The molecule has 4 nitrogen and oxygen atoms in total. The monoisotopic (exact) mass is 368 g/mol. The van der Waals surface area contributed by atoms with Crippen LogP contribution >= 0.6 is 0 Å². The fourth-order valence-electron chi connectivity index (χ4n) is 3.57. The lowest BCUT2D eigenvalue weighted by Crippen LogP contribution is -2.35. The standard InChI is InChI=1S/C19H23F3N2O2/c1-12(2)16-17(19(20,21)22)14-10-13(11-24-6-8-26-9-7-24)4-5-15(14)23(3)18(16)25/h4-5,10,12H,6-9,11H2,1-3H3. The summed E-state index contributed by atoms with van der Waals surface area (Å²) >= 11 is 0. The minimum atomic E-state index is -4.58. The summed E-state index contributed by atoms with van der Waals surface area (Å²) < 4.78 is 48.2. The zero-order valence-corrected chi connectivity index (χ0v) is 15.2. The third kappa shape index (κ3) is 3.50. The molecule has 0 atom stereocenters. The van der Waals surface area contributed by atoms with E-state index in [0.717, 1.165) is 18.7 Å². The van der Waals surface area contributed by atoms with Crippen molar-refractivity contribution in [2.45, 2.75) is 32.5 Å². The van der Waals surface area contributed by atoms with Crippen LogP contribution in [-0.4, -0.2) is 35.8 Å². The van der Waals surface area contributed by atoms with Crippen molar-refractivity contribution in [2.75, 3.05) is 26.3 Å². The number of morpholine rings is 1. The minimum absolute atomic E-state index is 0.0917. The van der Waals surface area contributed by atoms with E-state index in [2.05, 4.69) is 4.90 Å². The Hall–Kier alpha value is -1.86. The van der Waals surface area contributed by atoms with E-state index in [9.17, 15) is 18.0 Å². The Bertz CT molecular complexity index is 866. The van der Waals surface area contributed by atoms with E-state index in [-0.39, 0.29) is 10.9 Å². The van der Waals surface area contributed by atoms with E-state index in [1.807, 2.05) is 0 Å². The summed E-state index contributed by atoms with van der Waals surface area (Å²) in [4.78, 5) is 14.7. The van der Waals surface area contributed by atoms with Gasteiger partial charge in [0.05, 0.1) is 24.3 Å². The summed E-state index contributed by atoms with van der Waals surface area (Å²) in [7, 11) is 1.53. The molecule has 142 valence electrons. The molecule has 1 saturated heterocycles. The summed E-state index contributed by atoms with van der Waals surface area (Å²) in [6, 6.07) is 5.00. The van der Waals surface area contributed by atoms with Crippen LogP contribution in [0.3, 0.4) is 0 Å². The van der Waals surface area contributed by atoms with Crippen LogP contribution in [0, 0.1) is 0 Å². The van der Waals surface area contributed by atoms with Crippen molar-refractivity contribution in [1.82, 2.24) is 9.47 Å². The van der Waals surface area contributed by atoms with Crippen LogP contribution < -0.4 is 5.56 Å². The molecule has 0 saturated carbocycles.